The zero-order valence-corrected chi connectivity index (χ0v) is 12.8. The maximum atomic E-state index is 12.1. The minimum atomic E-state index is -0.863. The average molecular weight is 309 g/mol. The van der Waals surface area contributed by atoms with Gasteiger partial charge >= 0.3 is 5.97 Å². The number of carbonyl (C=O) groups is 2. The van der Waals surface area contributed by atoms with Crippen LogP contribution in [0.1, 0.15) is 28.7 Å². The van der Waals surface area contributed by atoms with Crippen molar-refractivity contribution in [1.29, 1.82) is 0 Å². The van der Waals surface area contributed by atoms with Crippen LogP contribution < -0.4 is 5.32 Å². The number of carbonyl (C=O) groups excluding carboxylic acids is 1. The van der Waals surface area contributed by atoms with Gasteiger partial charge in [0.15, 0.2) is 0 Å². The fraction of sp³-hybridized carbons (Fsp3) is 0.263. The lowest BCUT2D eigenvalue weighted by Gasteiger charge is -2.07. The second-order valence-electron chi connectivity index (χ2n) is 5.95. The molecule has 118 valence electrons. The van der Waals surface area contributed by atoms with E-state index in [9.17, 15) is 9.59 Å². The smallest absolute Gasteiger partial charge is 0.307 e. The van der Waals surface area contributed by atoms with E-state index in [0.29, 0.717) is 17.7 Å². The molecule has 4 nitrogen and oxygen atoms in total. The lowest BCUT2D eigenvalue weighted by atomic mass is 10.0. The molecule has 0 saturated heterocycles. The van der Waals surface area contributed by atoms with E-state index in [0.717, 1.165) is 18.4 Å². The molecule has 0 saturated carbocycles. The number of hydrogen-bond donors (Lipinski definition) is 2. The fourth-order valence-corrected chi connectivity index (χ4v) is 3.01. The van der Waals surface area contributed by atoms with Gasteiger partial charge in [-0.05, 0) is 53.6 Å². The lowest BCUT2D eigenvalue weighted by molar-refractivity contribution is -0.136. The van der Waals surface area contributed by atoms with Crippen LogP contribution in [0.5, 0.6) is 0 Å². The van der Waals surface area contributed by atoms with Crippen molar-refractivity contribution in [2.45, 2.75) is 32.1 Å². The molecule has 2 aromatic rings. The summed E-state index contributed by atoms with van der Waals surface area (Å²) in [4.78, 5) is 22.8. The van der Waals surface area contributed by atoms with Crippen molar-refractivity contribution in [2.75, 3.05) is 5.32 Å². The Balaban J connectivity index is 1.59. The third-order valence-corrected chi connectivity index (χ3v) is 4.12. The summed E-state index contributed by atoms with van der Waals surface area (Å²) >= 11 is 0. The van der Waals surface area contributed by atoms with E-state index in [1.54, 1.807) is 24.3 Å². The predicted octanol–water partition coefficient (Wildman–Crippen LogP) is 2.98. The molecule has 0 fully saturated rings. The van der Waals surface area contributed by atoms with Crippen molar-refractivity contribution in [3.63, 3.8) is 0 Å². The highest BCUT2D eigenvalue weighted by molar-refractivity contribution is 5.92. The number of aliphatic carboxylic acids is 1. The zero-order chi connectivity index (χ0) is 16.2. The molecule has 2 aromatic carbocycles. The molecule has 0 bridgehead atoms. The molecule has 1 aliphatic rings. The van der Waals surface area contributed by atoms with Crippen LogP contribution in [0.25, 0.3) is 0 Å². The first-order chi connectivity index (χ1) is 11.1. The number of amides is 1. The highest BCUT2D eigenvalue weighted by atomic mass is 16.4. The van der Waals surface area contributed by atoms with Gasteiger partial charge in [-0.25, -0.2) is 0 Å². The van der Waals surface area contributed by atoms with E-state index in [1.165, 1.54) is 17.5 Å². The van der Waals surface area contributed by atoms with Crippen molar-refractivity contribution < 1.29 is 14.7 Å². The van der Waals surface area contributed by atoms with Gasteiger partial charge < -0.3 is 10.4 Å². The van der Waals surface area contributed by atoms with E-state index in [4.69, 9.17) is 5.11 Å². The summed E-state index contributed by atoms with van der Waals surface area (Å²) in [5.74, 6) is -0.924. The Kier molecular flexibility index (Phi) is 4.42. The molecular formula is C19H19NO3. The molecule has 3 rings (SSSR count). The standard InChI is InChI=1S/C19H19NO3/c21-18(11-14-4-7-15-2-1-3-16(15)10-14)20-17-8-5-13(6-9-17)12-19(22)23/h4-10H,1-3,11-12H2,(H,20,21)(H,22,23). The number of anilines is 1. The molecule has 0 heterocycles. The summed E-state index contributed by atoms with van der Waals surface area (Å²) in [6, 6.07) is 13.2. The highest BCUT2D eigenvalue weighted by Crippen LogP contribution is 2.23. The van der Waals surface area contributed by atoms with Crippen LogP contribution in [0, 0.1) is 0 Å². The van der Waals surface area contributed by atoms with Crippen LogP contribution in [0.4, 0.5) is 5.69 Å². The van der Waals surface area contributed by atoms with Gasteiger partial charge in [-0.15, -0.1) is 0 Å². The first kappa shape index (κ1) is 15.3. The molecule has 1 amide bonds. The normalized spacial score (nSPS) is 12.7. The van der Waals surface area contributed by atoms with Crippen molar-refractivity contribution >= 4 is 17.6 Å². The number of aryl methyl sites for hydroxylation is 2. The minimum Gasteiger partial charge on any atom is -0.481 e. The van der Waals surface area contributed by atoms with Crippen LogP contribution in [0.3, 0.4) is 0 Å². The summed E-state index contributed by atoms with van der Waals surface area (Å²) in [6.45, 7) is 0. The Labute approximate surface area is 135 Å². The SMILES string of the molecule is O=C(O)Cc1ccc(NC(=O)Cc2ccc3c(c2)CCC3)cc1. The Bertz CT molecular complexity index is 735. The monoisotopic (exact) mass is 309 g/mol. The first-order valence-electron chi connectivity index (χ1n) is 7.81. The van der Waals surface area contributed by atoms with Gasteiger partial charge in [0.25, 0.3) is 0 Å². The molecule has 23 heavy (non-hydrogen) atoms. The van der Waals surface area contributed by atoms with Gasteiger partial charge in [0.05, 0.1) is 12.8 Å². The van der Waals surface area contributed by atoms with Gasteiger partial charge in [0.2, 0.25) is 5.91 Å². The maximum absolute atomic E-state index is 12.1. The second-order valence-corrected chi connectivity index (χ2v) is 5.95. The molecule has 0 aliphatic heterocycles. The predicted molar refractivity (Wildman–Crippen MR) is 88.6 cm³/mol. The second kappa shape index (κ2) is 6.65. The van der Waals surface area contributed by atoms with Crippen molar-refractivity contribution in [2.24, 2.45) is 0 Å². The number of fused-ring (bicyclic) bond motifs is 1. The molecule has 4 heteroatoms. The van der Waals surface area contributed by atoms with Gasteiger partial charge in [0, 0.05) is 5.69 Å². The van der Waals surface area contributed by atoms with Gasteiger partial charge in [0.1, 0.15) is 0 Å². The van der Waals surface area contributed by atoms with E-state index >= 15 is 0 Å². The summed E-state index contributed by atoms with van der Waals surface area (Å²) in [6.07, 6.45) is 3.79. The molecule has 0 unspecified atom stereocenters. The van der Waals surface area contributed by atoms with Crippen LogP contribution in [-0.4, -0.2) is 17.0 Å². The number of rotatable bonds is 5. The number of carboxylic acids is 1. The average Bonchev–Trinajstić information content (AvgIpc) is 2.96. The van der Waals surface area contributed by atoms with E-state index in [1.807, 2.05) is 6.07 Å². The quantitative estimate of drug-likeness (QED) is 0.892. The topological polar surface area (TPSA) is 66.4 Å². The van der Waals surface area contributed by atoms with Crippen molar-refractivity contribution in [3.05, 3.63) is 64.7 Å². The van der Waals surface area contributed by atoms with Crippen LogP contribution >= 0.6 is 0 Å². The number of carboxylic acid groups (broad SMARTS) is 1. The van der Waals surface area contributed by atoms with Crippen LogP contribution in [0.15, 0.2) is 42.5 Å². The molecule has 1 aliphatic carbocycles. The largest absolute Gasteiger partial charge is 0.481 e. The number of hydrogen-bond acceptors (Lipinski definition) is 2. The molecular weight excluding hydrogens is 290 g/mol. The minimum absolute atomic E-state index is 0.0106. The third-order valence-electron chi connectivity index (χ3n) is 4.12. The Morgan fingerprint density at radius 1 is 0.913 bits per heavy atom. The molecule has 0 atom stereocenters. The lowest BCUT2D eigenvalue weighted by Crippen LogP contribution is -2.14. The van der Waals surface area contributed by atoms with E-state index in [-0.39, 0.29) is 12.3 Å². The van der Waals surface area contributed by atoms with Crippen LogP contribution in [-0.2, 0) is 35.3 Å². The molecule has 0 spiro atoms. The molecule has 0 radical (unpaired) electrons. The van der Waals surface area contributed by atoms with Crippen molar-refractivity contribution in [3.8, 4) is 0 Å². The van der Waals surface area contributed by atoms with Crippen molar-refractivity contribution in [1.82, 2.24) is 0 Å². The Morgan fingerprint density at radius 3 is 2.35 bits per heavy atom. The number of benzene rings is 2. The highest BCUT2D eigenvalue weighted by Gasteiger charge is 2.12. The van der Waals surface area contributed by atoms with Gasteiger partial charge in [-0.3, -0.25) is 9.59 Å². The van der Waals surface area contributed by atoms with Crippen LogP contribution in [0.2, 0.25) is 0 Å². The molecule has 0 aromatic heterocycles. The fourth-order valence-electron chi connectivity index (χ4n) is 3.01. The summed E-state index contributed by atoms with van der Waals surface area (Å²) in [5.41, 5.74) is 5.21. The van der Waals surface area contributed by atoms with E-state index < -0.39 is 5.97 Å². The van der Waals surface area contributed by atoms with Gasteiger partial charge in [-0.1, -0.05) is 30.3 Å². The third kappa shape index (κ3) is 3.97. The first-order valence-corrected chi connectivity index (χ1v) is 7.81. The summed E-state index contributed by atoms with van der Waals surface area (Å²) in [7, 11) is 0. The summed E-state index contributed by atoms with van der Waals surface area (Å²) < 4.78 is 0. The zero-order valence-electron chi connectivity index (χ0n) is 12.8. The number of nitrogens with one attached hydrogen (secondary N) is 1. The Hall–Kier alpha value is -2.62. The Morgan fingerprint density at radius 2 is 1.61 bits per heavy atom. The summed E-state index contributed by atoms with van der Waals surface area (Å²) in [5, 5.41) is 11.6. The van der Waals surface area contributed by atoms with Gasteiger partial charge in [-0.2, -0.15) is 0 Å². The maximum Gasteiger partial charge on any atom is 0.307 e. The molecule has 2 N–H and O–H groups in total. The van der Waals surface area contributed by atoms with E-state index in [2.05, 4.69) is 17.4 Å².